The van der Waals surface area contributed by atoms with E-state index in [4.69, 9.17) is 9.47 Å². The summed E-state index contributed by atoms with van der Waals surface area (Å²) in [6.45, 7) is 2.11. The zero-order chi connectivity index (χ0) is 17.4. The fourth-order valence-electron chi connectivity index (χ4n) is 2.23. The first kappa shape index (κ1) is 17.5. The molecule has 2 aromatic carbocycles. The topological polar surface area (TPSA) is 59.9 Å². The fraction of sp³-hybridized carbons (Fsp3) is 0.263. The lowest BCUT2D eigenvalue weighted by atomic mass is 10.1. The number of carbonyl (C=O) groups is 1. The smallest absolute Gasteiger partial charge is 0.244 e. The van der Waals surface area contributed by atoms with Crippen LogP contribution in [0.3, 0.4) is 0 Å². The maximum Gasteiger partial charge on any atom is 0.244 e. The van der Waals surface area contributed by atoms with E-state index in [0.29, 0.717) is 11.5 Å². The van der Waals surface area contributed by atoms with Crippen LogP contribution in [0.1, 0.15) is 23.6 Å². The molecular formula is C19H22N2O3. The van der Waals surface area contributed by atoms with E-state index in [0.717, 1.165) is 17.5 Å². The third-order valence-corrected chi connectivity index (χ3v) is 3.60. The van der Waals surface area contributed by atoms with Gasteiger partial charge in [-0.15, -0.1) is 0 Å². The first-order valence-corrected chi connectivity index (χ1v) is 7.78. The Morgan fingerprint density at radius 3 is 2.33 bits per heavy atom. The lowest BCUT2D eigenvalue weighted by Gasteiger charge is -2.09. The van der Waals surface area contributed by atoms with Crippen molar-refractivity contribution in [2.45, 2.75) is 19.8 Å². The summed E-state index contributed by atoms with van der Waals surface area (Å²) in [5.41, 5.74) is 5.57. The Kier molecular flexibility index (Phi) is 6.37. The second kappa shape index (κ2) is 8.72. The van der Waals surface area contributed by atoms with Gasteiger partial charge in [0.15, 0.2) is 11.5 Å². The third-order valence-electron chi connectivity index (χ3n) is 3.60. The summed E-state index contributed by atoms with van der Waals surface area (Å²) in [5, 5.41) is 3.99. The molecule has 24 heavy (non-hydrogen) atoms. The predicted octanol–water partition coefficient (Wildman–Crippen LogP) is 2.96. The van der Waals surface area contributed by atoms with E-state index in [1.165, 1.54) is 5.56 Å². The molecule has 0 unspecified atom stereocenters. The SMILES string of the molecule is CCc1ccc(C=NNC(=O)Cc2ccc(OC)c(OC)c2)cc1. The molecule has 0 heterocycles. The number of hydrogen-bond donors (Lipinski definition) is 1. The van der Waals surface area contributed by atoms with E-state index >= 15 is 0 Å². The molecule has 2 rings (SSSR count). The van der Waals surface area contributed by atoms with Crippen molar-refractivity contribution in [3.63, 3.8) is 0 Å². The van der Waals surface area contributed by atoms with E-state index in [-0.39, 0.29) is 12.3 Å². The van der Waals surface area contributed by atoms with Gasteiger partial charge in [-0.1, -0.05) is 37.3 Å². The van der Waals surface area contributed by atoms with E-state index in [2.05, 4.69) is 17.5 Å². The minimum absolute atomic E-state index is 0.191. The minimum Gasteiger partial charge on any atom is -0.493 e. The van der Waals surface area contributed by atoms with E-state index in [9.17, 15) is 4.79 Å². The van der Waals surface area contributed by atoms with Crippen molar-refractivity contribution in [3.8, 4) is 11.5 Å². The highest BCUT2D eigenvalue weighted by molar-refractivity contribution is 5.83. The van der Waals surface area contributed by atoms with Gasteiger partial charge in [-0.05, 0) is 35.2 Å². The molecule has 5 heteroatoms. The second-order valence-electron chi connectivity index (χ2n) is 5.25. The number of benzene rings is 2. The van der Waals surface area contributed by atoms with Crippen molar-refractivity contribution in [1.29, 1.82) is 0 Å². The first-order valence-electron chi connectivity index (χ1n) is 7.78. The molecule has 0 aliphatic carbocycles. The molecular weight excluding hydrogens is 304 g/mol. The molecule has 0 aliphatic rings. The van der Waals surface area contributed by atoms with Crippen LogP contribution >= 0.6 is 0 Å². The van der Waals surface area contributed by atoms with Crippen LogP contribution in [0.25, 0.3) is 0 Å². The fourth-order valence-corrected chi connectivity index (χ4v) is 2.23. The van der Waals surface area contributed by atoms with Crippen molar-refractivity contribution >= 4 is 12.1 Å². The van der Waals surface area contributed by atoms with Gasteiger partial charge in [0.25, 0.3) is 0 Å². The minimum atomic E-state index is -0.191. The lowest BCUT2D eigenvalue weighted by Crippen LogP contribution is -2.19. The van der Waals surface area contributed by atoms with Crippen LogP contribution in [0, 0.1) is 0 Å². The standard InChI is InChI=1S/C19H22N2O3/c1-4-14-5-7-15(8-6-14)13-20-21-19(22)12-16-9-10-17(23-2)18(11-16)24-3/h5-11,13H,4,12H2,1-3H3,(H,21,22). The van der Waals surface area contributed by atoms with Gasteiger partial charge in [-0.25, -0.2) is 5.43 Å². The Labute approximate surface area is 142 Å². The number of carbonyl (C=O) groups excluding carboxylic acids is 1. The van der Waals surface area contributed by atoms with E-state index in [1.54, 1.807) is 32.6 Å². The molecule has 0 aliphatic heterocycles. The van der Waals surface area contributed by atoms with Crippen LogP contribution in [-0.2, 0) is 17.6 Å². The van der Waals surface area contributed by atoms with Gasteiger partial charge in [-0.2, -0.15) is 5.10 Å². The van der Waals surface area contributed by atoms with Gasteiger partial charge in [-0.3, -0.25) is 4.79 Å². The number of hydrazone groups is 1. The first-order chi connectivity index (χ1) is 11.7. The Bertz CT molecular complexity index is 709. The average Bonchev–Trinajstić information content (AvgIpc) is 2.62. The summed E-state index contributed by atoms with van der Waals surface area (Å²) >= 11 is 0. The van der Waals surface area contributed by atoms with Crippen LogP contribution in [0.2, 0.25) is 0 Å². The molecule has 0 saturated carbocycles. The van der Waals surface area contributed by atoms with Crippen molar-refractivity contribution in [3.05, 3.63) is 59.2 Å². The van der Waals surface area contributed by atoms with Gasteiger partial charge in [0.05, 0.1) is 26.9 Å². The number of amides is 1. The highest BCUT2D eigenvalue weighted by Crippen LogP contribution is 2.27. The molecule has 0 atom stereocenters. The number of ether oxygens (including phenoxy) is 2. The zero-order valence-electron chi connectivity index (χ0n) is 14.2. The van der Waals surface area contributed by atoms with Gasteiger partial charge >= 0.3 is 0 Å². The lowest BCUT2D eigenvalue weighted by molar-refractivity contribution is -0.120. The summed E-state index contributed by atoms with van der Waals surface area (Å²) in [5.74, 6) is 1.04. The third kappa shape index (κ3) is 4.84. The molecule has 0 aromatic heterocycles. The van der Waals surface area contributed by atoms with Gasteiger partial charge in [0.1, 0.15) is 0 Å². The maximum atomic E-state index is 12.0. The van der Waals surface area contributed by atoms with Crippen molar-refractivity contribution < 1.29 is 14.3 Å². The molecule has 5 nitrogen and oxygen atoms in total. The number of methoxy groups -OCH3 is 2. The second-order valence-corrected chi connectivity index (χ2v) is 5.25. The van der Waals surface area contributed by atoms with Gasteiger partial charge in [0.2, 0.25) is 5.91 Å². The Morgan fingerprint density at radius 2 is 1.71 bits per heavy atom. The number of nitrogens with zero attached hydrogens (tertiary/aromatic N) is 1. The highest BCUT2D eigenvalue weighted by atomic mass is 16.5. The Morgan fingerprint density at radius 1 is 1.04 bits per heavy atom. The number of nitrogens with one attached hydrogen (secondary N) is 1. The molecule has 0 saturated heterocycles. The summed E-state index contributed by atoms with van der Waals surface area (Å²) in [4.78, 5) is 12.0. The van der Waals surface area contributed by atoms with Crippen LogP contribution in [0.5, 0.6) is 11.5 Å². The summed E-state index contributed by atoms with van der Waals surface area (Å²) in [6, 6.07) is 13.4. The Balaban J connectivity index is 1.91. The maximum absolute atomic E-state index is 12.0. The molecule has 1 amide bonds. The normalized spacial score (nSPS) is 10.6. The van der Waals surface area contributed by atoms with Crippen molar-refractivity contribution in [2.75, 3.05) is 14.2 Å². The number of aryl methyl sites for hydroxylation is 1. The quantitative estimate of drug-likeness (QED) is 0.628. The van der Waals surface area contributed by atoms with Gasteiger partial charge in [0, 0.05) is 0 Å². The molecule has 0 fully saturated rings. The van der Waals surface area contributed by atoms with Crippen LogP contribution in [-0.4, -0.2) is 26.3 Å². The van der Waals surface area contributed by atoms with Crippen LogP contribution in [0.4, 0.5) is 0 Å². The van der Waals surface area contributed by atoms with Crippen LogP contribution < -0.4 is 14.9 Å². The van der Waals surface area contributed by atoms with Gasteiger partial charge < -0.3 is 9.47 Å². The summed E-state index contributed by atoms with van der Waals surface area (Å²) in [7, 11) is 3.14. The molecule has 0 bridgehead atoms. The van der Waals surface area contributed by atoms with Crippen LogP contribution in [0.15, 0.2) is 47.6 Å². The van der Waals surface area contributed by atoms with E-state index in [1.807, 2.05) is 30.3 Å². The average molecular weight is 326 g/mol. The predicted molar refractivity (Wildman–Crippen MR) is 94.8 cm³/mol. The van der Waals surface area contributed by atoms with Crippen molar-refractivity contribution in [1.82, 2.24) is 5.43 Å². The monoisotopic (exact) mass is 326 g/mol. The molecule has 1 N–H and O–H groups in total. The molecule has 126 valence electrons. The summed E-state index contributed by atoms with van der Waals surface area (Å²) in [6.07, 6.45) is 2.85. The molecule has 2 aromatic rings. The number of rotatable bonds is 7. The summed E-state index contributed by atoms with van der Waals surface area (Å²) < 4.78 is 10.4. The largest absolute Gasteiger partial charge is 0.493 e. The molecule has 0 spiro atoms. The van der Waals surface area contributed by atoms with E-state index < -0.39 is 0 Å². The highest BCUT2D eigenvalue weighted by Gasteiger charge is 2.07. The van der Waals surface area contributed by atoms with Crippen molar-refractivity contribution in [2.24, 2.45) is 5.10 Å². The zero-order valence-corrected chi connectivity index (χ0v) is 14.2. The number of hydrogen-bond acceptors (Lipinski definition) is 4. The molecule has 0 radical (unpaired) electrons. The Hall–Kier alpha value is -2.82.